The molecule has 2 fully saturated rings. The average Bonchev–Trinajstić information content (AvgIpc) is 2.93. The summed E-state index contributed by atoms with van der Waals surface area (Å²) in [5.41, 5.74) is 1.05. The minimum Gasteiger partial charge on any atom is -0.339 e. The Balaban J connectivity index is 1.48. The predicted molar refractivity (Wildman–Crippen MR) is 76.9 cm³/mol. The van der Waals surface area contributed by atoms with Gasteiger partial charge in [-0.2, -0.15) is 10.1 Å². The van der Waals surface area contributed by atoms with E-state index in [0.717, 1.165) is 43.7 Å². The van der Waals surface area contributed by atoms with E-state index in [4.69, 9.17) is 4.52 Å². The van der Waals surface area contributed by atoms with Crippen molar-refractivity contribution in [2.75, 3.05) is 6.54 Å². The van der Waals surface area contributed by atoms with Crippen molar-refractivity contribution in [2.24, 2.45) is 0 Å². The molecule has 0 bridgehead atoms. The van der Waals surface area contributed by atoms with Crippen LogP contribution in [0.1, 0.15) is 54.9 Å². The lowest BCUT2D eigenvalue weighted by molar-refractivity contribution is -0.133. The van der Waals surface area contributed by atoms with Crippen LogP contribution in [0.2, 0.25) is 0 Å². The lowest BCUT2D eigenvalue weighted by Crippen LogP contribution is -2.34. The van der Waals surface area contributed by atoms with Crippen LogP contribution in [0.15, 0.2) is 16.9 Å². The molecule has 0 aromatic carbocycles. The van der Waals surface area contributed by atoms with Gasteiger partial charge < -0.3 is 9.42 Å². The zero-order chi connectivity index (χ0) is 15.1. The predicted octanol–water partition coefficient (Wildman–Crippen LogP) is 1.82. The molecule has 116 valence electrons. The standard InChI is InChI=1S/C15H19N5O2/c1-10-7-16-19(8-10)9-13(21)20-6-2-3-12(20)14-17-15(22-18-14)11-4-5-11/h7-8,11-12H,2-6,9H2,1H3/t12-/m0/s1. The van der Waals surface area contributed by atoms with Gasteiger partial charge in [-0.25, -0.2) is 0 Å². The average molecular weight is 301 g/mol. The Kier molecular flexibility index (Phi) is 3.20. The van der Waals surface area contributed by atoms with Crippen LogP contribution in [0.4, 0.5) is 0 Å². The Bertz CT molecular complexity index is 688. The van der Waals surface area contributed by atoms with Crippen molar-refractivity contribution in [3.63, 3.8) is 0 Å². The zero-order valence-corrected chi connectivity index (χ0v) is 12.6. The number of hydrogen-bond acceptors (Lipinski definition) is 5. The van der Waals surface area contributed by atoms with Gasteiger partial charge >= 0.3 is 0 Å². The van der Waals surface area contributed by atoms with Crippen molar-refractivity contribution in [1.82, 2.24) is 24.8 Å². The molecule has 0 spiro atoms. The number of hydrogen-bond donors (Lipinski definition) is 0. The molecule has 3 heterocycles. The first-order chi connectivity index (χ1) is 10.7. The Hall–Kier alpha value is -2.18. The third-order valence-corrected chi connectivity index (χ3v) is 4.31. The van der Waals surface area contributed by atoms with Crippen LogP contribution in [0.5, 0.6) is 0 Å². The van der Waals surface area contributed by atoms with Gasteiger partial charge in [-0.1, -0.05) is 5.16 Å². The first-order valence-corrected chi connectivity index (χ1v) is 7.83. The SMILES string of the molecule is Cc1cnn(CC(=O)N2CCC[C@H]2c2noc(C3CC3)n2)c1. The van der Waals surface area contributed by atoms with Crippen LogP contribution in [0.25, 0.3) is 0 Å². The quantitative estimate of drug-likeness (QED) is 0.860. The summed E-state index contributed by atoms with van der Waals surface area (Å²) >= 11 is 0. The molecule has 7 heteroatoms. The highest BCUT2D eigenvalue weighted by Gasteiger charge is 2.36. The molecule has 1 saturated carbocycles. The van der Waals surface area contributed by atoms with E-state index in [9.17, 15) is 4.79 Å². The zero-order valence-electron chi connectivity index (χ0n) is 12.6. The van der Waals surface area contributed by atoms with Crippen molar-refractivity contribution < 1.29 is 9.32 Å². The fraction of sp³-hybridized carbons (Fsp3) is 0.600. The Morgan fingerprint density at radius 2 is 2.27 bits per heavy atom. The topological polar surface area (TPSA) is 77.0 Å². The van der Waals surface area contributed by atoms with Gasteiger partial charge in [-0.05, 0) is 38.2 Å². The van der Waals surface area contributed by atoms with Crippen molar-refractivity contribution >= 4 is 5.91 Å². The van der Waals surface area contributed by atoms with Gasteiger partial charge in [0.05, 0.1) is 12.2 Å². The summed E-state index contributed by atoms with van der Waals surface area (Å²) in [5.74, 6) is 1.89. The van der Waals surface area contributed by atoms with Crippen molar-refractivity contribution in [3.8, 4) is 0 Å². The minimum absolute atomic E-state index is 0.0552. The van der Waals surface area contributed by atoms with Gasteiger partial charge in [-0.15, -0.1) is 0 Å². The molecule has 1 aliphatic heterocycles. The number of carbonyl (C=O) groups excluding carboxylic acids is 1. The fourth-order valence-electron chi connectivity index (χ4n) is 3.00. The largest absolute Gasteiger partial charge is 0.339 e. The van der Waals surface area contributed by atoms with Crippen LogP contribution in [-0.2, 0) is 11.3 Å². The molecule has 2 aromatic rings. The van der Waals surface area contributed by atoms with E-state index < -0.39 is 0 Å². The molecule has 0 unspecified atom stereocenters. The number of rotatable bonds is 4. The van der Waals surface area contributed by atoms with Gasteiger partial charge in [0.1, 0.15) is 6.54 Å². The Labute approximate surface area is 128 Å². The number of carbonyl (C=O) groups is 1. The molecule has 1 saturated heterocycles. The second kappa shape index (κ2) is 5.23. The maximum absolute atomic E-state index is 12.5. The molecular formula is C15H19N5O2. The number of likely N-dealkylation sites (tertiary alicyclic amines) is 1. The smallest absolute Gasteiger partial charge is 0.244 e. The van der Waals surface area contributed by atoms with Crippen molar-refractivity contribution in [1.29, 1.82) is 0 Å². The Morgan fingerprint density at radius 1 is 1.41 bits per heavy atom. The molecular weight excluding hydrogens is 282 g/mol. The first kappa shape index (κ1) is 13.5. The highest BCUT2D eigenvalue weighted by molar-refractivity contribution is 5.76. The number of aromatic nitrogens is 4. The summed E-state index contributed by atoms with van der Waals surface area (Å²) in [4.78, 5) is 18.9. The van der Waals surface area contributed by atoms with E-state index in [1.807, 2.05) is 18.0 Å². The van der Waals surface area contributed by atoms with Gasteiger partial charge in [0.2, 0.25) is 11.8 Å². The van der Waals surface area contributed by atoms with Gasteiger partial charge in [0.25, 0.3) is 0 Å². The van der Waals surface area contributed by atoms with Gasteiger partial charge in [0.15, 0.2) is 5.82 Å². The molecule has 2 aliphatic rings. The van der Waals surface area contributed by atoms with Crippen LogP contribution < -0.4 is 0 Å². The molecule has 22 heavy (non-hydrogen) atoms. The minimum atomic E-state index is -0.0552. The van der Waals surface area contributed by atoms with E-state index in [1.54, 1.807) is 10.9 Å². The maximum Gasteiger partial charge on any atom is 0.244 e. The van der Waals surface area contributed by atoms with Crippen LogP contribution >= 0.6 is 0 Å². The number of nitrogens with zero attached hydrogens (tertiary/aromatic N) is 5. The van der Waals surface area contributed by atoms with E-state index in [1.165, 1.54) is 0 Å². The summed E-state index contributed by atoms with van der Waals surface area (Å²) in [6.45, 7) is 2.97. The third-order valence-electron chi connectivity index (χ3n) is 4.31. The molecule has 7 nitrogen and oxygen atoms in total. The third kappa shape index (κ3) is 2.51. The highest BCUT2D eigenvalue weighted by atomic mass is 16.5. The van der Waals surface area contributed by atoms with E-state index in [2.05, 4.69) is 15.2 Å². The van der Waals surface area contributed by atoms with Crippen LogP contribution in [0, 0.1) is 6.92 Å². The number of aryl methyl sites for hydroxylation is 1. The molecule has 1 aliphatic carbocycles. The van der Waals surface area contributed by atoms with Crippen molar-refractivity contribution in [2.45, 2.75) is 51.1 Å². The van der Waals surface area contributed by atoms with E-state index in [-0.39, 0.29) is 18.5 Å². The molecule has 0 radical (unpaired) electrons. The Morgan fingerprint density at radius 3 is 3.00 bits per heavy atom. The molecule has 1 amide bonds. The number of amides is 1. The van der Waals surface area contributed by atoms with Crippen LogP contribution in [0.3, 0.4) is 0 Å². The fourth-order valence-corrected chi connectivity index (χ4v) is 3.00. The summed E-state index contributed by atoms with van der Waals surface area (Å²) in [5, 5.41) is 8.28. The summed E-state index contributed by atoms with van der Waals surface area (Å²) in [6.07, 6.45) is 7.77. The molecule has 0 N–H and O–H groups in total. The monoisotopic (exact) mass is 301 g/mol. The molecule has 2 aromatic heterocycles. The molecule has 4 rings (SSSR count). The molecule has 1 atom stereocenters. The maximum atomic E-state index is 12.5. The first-order valence-electron chi connectivity index (χ1n) is 7.83. The van der Waals surface area contributed by atoms with Crippen LogP contribution in [-0.4, -0.2) is 37.3 Å². The second-order valence-corrected chi connectivity index (χ2v) is 6.23. The lowest BCUT2D eigenvalue weighted by atomic mass is 10.2. The van der Waals surface area contributed by atoms with Gasteiger partial charge in [0, 0.05) is 18.7 Å². The van der Waals surface area contributed by atoms with E-state index in [0.29, 0.717) is 11.7 Å². The summed E-state index contributed by atoms with van der Waals surface area (Å²) in [6, 6.07) is -0.0552. The normalized spacial score (nSPS) is 21.5. The van der Waals surface area contributed by atoms with Crippen molar-refractivity contribution in [3.05, 3.63) is 29.7 Å². The van der Waals surface area contributed by atoms with Gasteiger partial charge in [-0.3, -0.25) is 9.48 Å². The summed E-state index contributed by atoms with van der Waals surface area (Å²) < 4.78 is 7.01. The highest BCUT2D eigenvalue weighted by Crippen LogP contribution is 2.40. The van der Waals surface area contributed by atoms with E-state index >= 15 is 0 Å². The summed E-state index contributed by atoms with van der Waals surface area (Å²) in [7, 11) is 0. The second-order valence-electron chi connectivity index (χ2n) is 6.23. The lowest BCUT2D eigenvalue weighted by Gasteiger charge is -2.22.